The van der Waals surface area contributed by atoms with Crippen LogP contribution in [0.3, 0.4) is 0 Å². The van der Waals surface area contributed by atoms with Crippen molar-refractivity contribution in [2.45, 2.75) is 24.8 Å². The van der Waals surface area contributed by atoms with E-state index in [2.05, 4.69) is 20.7 Å². The van der Waals surface area contributed by atoms with Crippen molar-refractivity contribution in [3.8, 4) is 0 Å². The Kier molecular flexibility index (Phi) is 5.09. The number of sulfonamides is 1. The standard InChI is InChI=1S/C15H15BrClNO2S/c1-10-3-8-14(9-15(10)17)21(19,20)18-11(2)12-4-6-13(16)7-5-12/h3-9,11,18H,1-2H3. The normalized spacial score (nSPS) is 13.1. The number of hydrogen-bond donors (Lipinski definition) is 1. The monoisotopic (exact) mass is 387 g/mol. The molecule has 0 aliphatic rings. The van der Waals surface area contributed by atoms with Crippen molar-refractivity contribution in [3.05, 3.63) is 63.1 Å². The first-order valence-electron chi connectivity index (χ1n) is 6.33. The van der Waals surface area contributed by atoms with Gasteiger partial charge in [0.1, 0.15) is 0 Å². The Balaban J connectivity index is 2.24. The zero-order valence-electron chi connectivity index (χ0n) is 11.6. The van der Waals surface area contributed by atoms with Crippen molar-refractivity contribution < 1.29 is 8.42 Å². The van der Waals surface area contributed by atoms with Crippen molar-refractivity contribution in [2.24, 2.45) is 0 Å². The fourth-order valence-corrected chi connectivity index (χ4v) is 3.63. The molecule has 0 bridgehead atoms. The predicted octanol–water partition coefficient (Wildman–Crippen LogP) is 4.45. The summed E-state index contributed by atoms with van der Waals surface area (Å²) in [6.45, 7) is 3.63. The summed E-state index contributed by atoms with van der Waals surface area (Å²) in [4.78, 5) is 0.169. The highest BCUT2D eigenvalue weighted by atomic mass is 79.9. The molecule has 1 unspecified atom stereocenters. The topological polar surface area (TPSA) is 46.2 Å². The van der Waals surface area contributed by atoms with Gasteiger partial charge >= 0.3 is 0 Å². The second-order valence-electron chi connectivity index (χ2n) is 4.81. The predicted molar refractivity (Wildman–Crippen MR) is 89.1 cm³/mol. The maximum absolute atomic E-state index is 12.4. The molecule has 112 valence electrons. The maximum Gasteiger partial charge on any atom is 0.241 e. The SMILES string of the molecule is Cc1ccc(S(=O)(=O)NC(C)c2ccc(Br)cc2)cc1Cl. The zero-order valence-corrected chi connectivity index (χ0v) is 14.8. The number of rotatable bonds is 4. The van der Waals surface area contributed by atoms with E-state index in [1.165, 1.54) is 6.07 Å². The van der Waals surface area contributed by atoms with E-state index in [1.807, 2.05) is 31.2 Å². The summed E-state index contributed by atoms with van der Waals surface area (Å²) in [6.07, 6.45) is 0. The molecule has 3 nitrogen and oxygen atoms in total. The van der Waals surface area contributed by atoms with E-state index in [9.17, 15) is 8.42 Å². The molecule has 21 heavy (non-hydrogen) atoms. The Hall–Kier alpha value is -0.880. The minimum absolute atomic E-state index is 0.169. The average Bonchev–Trinajstić information content (AvgIpc) is 2.42. The molecule has 0 fully saturated rings. The van der Waals surface area contributed by atoms with Gasteiger partial charge in [-0.1, -0.05) is 45.7 Å². The lowest BCUT2D eigenvalue weighted by atomic mass is 10.1. The van der Waals surface area contributed by atoms with Gasteiger partial charge in [-0.15, -0.1) is 0 Å². The molecule has 1 atom stereocenters. The van der Waals surface area contributed by atoms with Crippen LogP contribution in [0.1, 0.15) is 24.1 Å². The van der Waals surface area contributed by atoms with Crippen LogP contribution in [0.15, 0.2) is 51.8 Å². The quantitative estimate of drug-likeness (QED) is 0.841. The average molecular weight is 389 g/mol. The Labute approximate surface area is 138 Å². The molecule has 0 heterocycles. The first-order chi connectivity index (χ1) is 9.79. The van der Waals surface area contributed by atoms with Gasteiger partial charge in [0.15, 0.2) is 0 Å². The maximum atomic E-state index is 12.4. The van der Waals surface area contributed by atoms with Crippen LogP contribution >= 0.6 is 27.5 Å². The summed E-state index contributed by atoms with van der Waals surface area (Å²) < 4.78 is 28.3. The molecular formula is C15H15BrClNO2S. The zero-order chi connectivity index (χ0) is 15.6. The summed E-state index contributed by atoms with van der Waals surface area (Å²) in [6, 6.07) is 11.9. The Bertz CT molecular complexity index is 745. The van der Waals surface area contributed by atoms with Crippen molar-refractivity contribution in [1.29, 1.82) is 0 Å². The van der Waals surface area contributed by atoms with Gasteiger partial charge in [0.2, 0.25) is 10.0 Å². The Morgan fingerprint density at radius 3 is 2.33 bits per heavy atom. The third-order valence-corrected chi connectivity index (χ3v) is 5.63. The van der Waals surface area contributed by atoms with Gasteiger partial charge in [-0.2, -0.15) is 0 Å². The van der Waals surface area contributed by atoms with Gasteiger partial charge in [-0.25, -0.2) is 13.1 Å². The van der Waals surface area contributed by atoms with E-state index in [1.54, 1.807) is 19.1 Å². The molecule has 0 saturated heterocycles. The van der Waals surface area contributed by atoms with Gasteiger partial charge in [0.25, 0.3) is 0 Å². The Morgan fingerprint density at radius 1 is 1.14 bits per heavy atom. The van der Waals surface area contributed by atoms with E-state index in [0.717, 1.165) is 15.6 Å². The summed E-state index contributed by atoms with van der Waals surface area (Å²) in [7, 11) is -3.60. The molecule has 0 aromatic heterocycles. The van der Waals surface area contributed by atoms with Crippen LogP contribution in [0.5, 0.6) is 0 Å². The smallest absolute Gasteiger partial charge is 0.207 e. The van der Waals surface area contributed by atoms with Gasteiger partial charge < -0.3 is 0 Å². The number of nitrogens with one attached hydrogen (secondary N) is 1. The highest BCUT2D eigenvalue weighted by molar-refractivity contribution is 9.10. The summed E-state index contributed by atoms with van der Waals surface area (Å²) in [5.41, 5.74) is 1.73. The van der Waals surface area contributed by atoms with Gasteiger partial charge in [-0.05, 0) is 49.2 Å². The van der Waals surface area contributed by atoms with E-state index in [0.29, 0.717) is 5.02 Å². The lowest BCUT2D eigenvalue weighted by Crippen LogP contribution is -2.26. The highest BCUT2D eigenvalue weighted by Crippen LogP contribution is 2.22. The number of benzene rings is 2. The van der Waals surface area contributed by atoms with Crippen molar-refractivity contribution >= 4 is 37.6 Å². The molecule has 0 aliphatic carbocycles. The van der Waals surface area contributed by atoms with E-state index in [4.69, 9.17) is 11.6 Å². The summed E-state index contributed by atoms with van der Waals surface area (Å²) in [5, 5.41) is 0.439. The first kappa shape index (κ1) is 16.5. The minimum Gasteiger partial charge on any atom is -0.207 e. The lowest BCUT2D eigenvalue weighted by molar-refractivity contribution is 0.567. The van der Waals surface area contributed by atoms with Gasteiger partial charge in [-0.3, -0.25) is 0 Å². The fourth-order valence-electron chi connectivity index (χ4n) is 1.86. The van der Waals surface area contributed by atoms with Crippen LogP contribution in [0.25, 0.3) is 0 Å². The Morgan fingerprint density at radius 2 is 1.76 bits per heavy atom. The lowest BCUT2D eigenvalue weighted by Gasteiger charge is -2.15. The molecule has 0 saturated carbocycles. The molecule has 1 N–H and O–H groups in total. The fraction of sp³-hybridized carbons (Fsp3) is 0.200. The van der Waals surface area contributed by atoms with E-state index in [-0.39, 0.29) is 10.9 Å². The van der Waals surface area contributed by atoms with E-state index < -0.39 is 10.0 Å². The molecule has 2 rings (SSSR count). The number of aryl methyl sites for hydroxylation is 1. The van der Waals surface area contributed by atoms with Crippen molar-refractivity contribution in [1.82, 2.24) is 4.72 Å². The summed E-state index contributed by atoms with van der Waals surface area (Å²) >= 11 is 9.35. The largest absolute Gasteiger partial charge is 0.241 e. The van der Waals surface area contributed by atoms with Crippen LogP contribution in [0, 0.1) is 6.92 Å². The molecule has 0 amide bonds. The minimum atomic E-state index is -3.60. The second kappa shape index (κ2) is 6.48. The molecule has 2 aromatic carbocycles. The number of hydrogen-bond acceptors (Lipinski definition) is 2. The molecule has 0 aliphatic heterocycles. The van der Waals surface area contributed by atoms with Crippen LogP contribution in [-0.2, 0) is 10.0 Å². The molecule has 2 aromatic rings. The van der Waals surface area contributed by atoms with Crippen LogP contribution in [0.4, 0.5) is 0 Å². The molecule has 0 spiro atoms. The van der Waals surface area contributed by atoms with Crippen LogP contribution in [-0.4, -0.2) is 8.42 Å². The third kappa shape index (κ3) is 4.07. The first-order valence-corrected chi connectivity index (χ1v) is 8.99. The molecular weight excluding hydrogens is 374 g/mol. The van der Waals surface area contributed by atoms with E-state index >= 15 is 0 Å². The summed E-state index contributed by atoms with van der Waals surface area (Å²) in [5.74, 6) is 0. The van der Waals surface area contributed by atoms with Gasteiger partial charge in [0.05, 0.1) is 4.90 Å². The van der Waals surface area contributed by atoms with Crippen molar-refractivity contribution in [2.75, 3.05) is 0 Å². The second-order valence-corrected chi connectivity index (χ2v) is 7.84. The number of halogens is 2. The van der Waals surface area contributed by atoms with Gasteiger partial charge in [0, 0.05) is 15.5 Å². The van der Waals surface area contributed by atoms with Crippen LogP contribution < -0.4 is 4.72 Å². The molecule has 6 heteroatoms. The highest BCUT2D eigenvalue weighted by Gasteiger charge is 2.19. The van der Waals surface area contributed by atoms with Crippen LogP contribution in [0.2, 0.25) is 5.02 Å². The van der Waals surface area contributed by atoms with Crippen molar-refractivity contribution in [3.63, 3.8) is 0 Å². The molecule has 0 radical (unpaired) electrons. The third-order valence-electron chi connectivity index (χ3n) is 3.16.